The van der Waals surface area contributed by atoms with Crippen molar-refractivity contribution in [2.45, 2.75) is 26.0 Å². The molecule has 0 amide bonds. The van der Waals surface area contributed by atoms with Crippen LogP contribution in [0, 0.1) is 0 Å². The molecule has 0 bridgehead atoms. The summed E-state index contributed by atoms with van der Waals surface area (Å²) in [5.74, 6) is 1.61. The number of aromatic nitrogens is 2. The van der Waals surface area contributed by atoms with Crippen molar-refractivity contribution < 1.29 is 9.84 Å². The largest absolute Gasteiger partial charge is 0.491 e. The van der Waals surface area contributed by atoms with E-state index in [0.29, 0.717) is 35.1 Å². The molecule has 0 fully saturated rings. The van der Waals surface area contributed by atoms with Gasteiger partial charge in [0.1, 0.15) is 23.5 Å². The third kappa shape index (κ3) is 6.88. The molecule has 1 atom stereocenters. The second-order valence-electron chi connectivity index (χ2n) is 7.06. The van der Waals surface area contributed by atoms with Crippen molar-refractivity contribution in [2.75, 3.05) is 23.8 Å². The highest BCUT2D eigenvalue weighted by molar-refractivity contribution is 6.32. The van der Waals surface area contributed by atoms with Crippen LogP contribution in [-0.2, 0) is 0 Å². The van der Waals surface area contributed by atoms with Crippen LogP contribution in [0.3, 0.4) is 0 Å². The van der Waals surface area contributed by atoms with E-state index < -0.39 is 6.10 Å². The molecule has 0 aliphatic heterocycles. The van der Waals surface area contributed by atoms with Gasteiger partial charge < -0.3 is 25.8 Å². The number of nitrogens with one attached hydrogen (secondary N) is 3. The molecule has 0 radical (unpaired) electrons. The second kappa shape index (κ2) is 10.8. The van der Waals surface area contributed by atoms with E-state index in [1.807, 2.05) is 68.4 Å². The van der Waals surface area contributed by atoms with Gasteiger partial charge in [-0.3, -0.25) is 0 Å². The minimum Gasteiger partial charge on any atom is -0.491 e. The number of hydrogen-bond acceptors (Lipinski definition) is 7. The molecule has 4 N–H and O–H groups in total. The standard InChI is InChI=1S/C22H26ClN5O2/c1-15(2)24-12-18(29)14-30-19-10-8-17(9-11-19)27-22-25-13-20(23)21(28-22)26-16-6-4-3-5-7-16/h3-11,13,15,18,24,29H,12,14H2,1-2H3,(H2,25,26,27,28). The van der Waals surface area contributed by atoms with Gasteiger partial charge in [0.15, 0.2) is 5.82 Å². The number of ether oxygens (including phenoxy) is 1. The fraction of sp³-hybridized carbons (Fsp3) is 0.273. The first-order valence-electron chi connectivity index (χ1n) is 9.75. The number of aliphatic hydroxyl groups excluding tert-OH is 1. The van der Waals surface area contributed by atoms with Crippen LogP contribution in [0.15, 0.2) is 60.8 Å². The maximum absolute atomic E-state index is 9.93. The van der Waals surface area contributed by atoms with E-state index in [-0.39, 0.29) is 6.61 Å². The summed E-state index contributed by atoms with van der Waals surface area (Å²) in [6.45, 7) is 4.78. The van der Waals surface area contributed by atoms with Gasteiger partial charge in [-0.25, -0.2) is 4.98 Å². The third-order valence-corrected chi connectivity index (χ3v) is 4.37. The zero-order chi connectivity index (χ0) is 21.3. The quantitative estimate of drug-likeness (QED) is 0.382. The van der Waals surface area contributed by atoms with Crippen molar-refractivity contribution in [3.8, 4) is 5.75 Å². The van der Waals surface area contributed by atoms with Crippen molar-refractivity contribution in [1.82, 2.24) is 15.3 Å². The van der Waals surface area contributed by atoms with Gasteiger partial charge in [-0.1, -0.05) is 43.6 Å². The van der Waals surface area contributed by atoms with E-state index in [4.69, 9.17) is 16.3 Å². The molecule has 0 saturated heterocycles. The molecule has 0 aliphatic rings. The Morgan fingerprint density at radius 2 is 1.70 bits per heavy atom. The highest BCUT2D eigenvalue weighted by Crippen LogP contribution is 2.25. The van der Waals surface area contributed by atoms with E-state index in [0.717, 1.165) is 11.4 Å². The third-order valence-electron chi connectivity index (χ3n) is 4.10. The smallest absolute Gasteiger partial charge is 0.229 e. The van der Waals surface area contributed by atoms with Gasteiger partial charge in [-0.2, -0.15) is 4.98 Å². The first kappa shape index (κ1) is 21.8. The molecule has 1 unspecified atom stereocenters. The number of halogens is 1. The predicted molar refractivity (Wildman–Crippen MR) is 121 cm³/mol. The molecule has 3 rings (SSSR count). The van der Waals surface area contributed by atoms with E-state index in [1.54, 1.807) is 6.20 Å². The van der Waals surface area contributed by atoms with Gasteiger partial charge in [0.25, 0.3) is 0 Å². The second-order valence-corrected chi connectivity index (χ2v) is 7.47. The van der Waals surface area contributed by atoms with Gasteiger partial charge >= 0.3 is 0 Å². The van der Waals surface area contributed by atoms with Crippen LogP contribution >= 0.6 is 11.6 Å². The predicted octanol–water partition coefficient (Wildman–Crippen LogP) is 4.35. The average molecular weight is 428 g/mol. The number of benzene rings is 2. The summed E-state index contributed by atoms with van der Waals surface area (Å²) in [4.78, 5) is 8.67. The zero-order valence-corrected chi connectivity index (χ0v) is 17.7. The number of rotatable bonds is 10. The Bertz CT molecular complexity index is 923. The van der Waals surface area contributed by atoms with Crippen LogP contribution in [0.25, 0.3) is 0 Å². The van der Waals surface area contributed by atoms with Crippen molar-refractivity contribution >= 4 is 34.7 Å². The lowest BCUT2D eigenvalue weighted by Gasteiger charge is -2.15. The van der Waals surface area contributed by atoms with E-state index >= 15 is 0 Å². The average Bonchev–Trinajstić information content (AvgIpc) is 2.75. The Morgan fingerprint density at radius 3 is 2.40 bits per heavy atom. The lowest BCUT2D eigenvalue weighted by molar-refractivity contribution is 0.104. The summed E-state index contributed by atoms with van der Waals surface area (Å²) >= 11 is 6.21. The van der Waals surface area contributed by atoms with Crippen molar-refractivity contribution in [1.29, 1.82) is 0 Å². The Labute approximate surface area is 181 Å². The SMILES string of the molecule is CC(C)NCC(O)COc1ccc(Nc2ncc(Cl)c(Nc3ccccc3)n2)cc1. The molecular formula is C22H26ClN5O2. The molecule has 8 heteroatoms. The maximum atomic E-state index is 9.93. The summed E-state index contributed by atoms with van der Waals surface area (Å²) in [6, 6.07) is 17.3. The Hall–Kier alpha value is -2.87. The summed E-state index contributed by atoms with van der Waals surface area (Å²) in [5.41, 5.74) is 1.69. The maximum Gasteiger partial charge on any atom is 0.229 e. The highest BCUT2D eigenvalue weighted by Gasteiger charge is 2.08. The molecule has 2 aromatic carbocycles. The van der Waals surface area contributed by atoms with Crippen LogP contribution < -0.4 is 20.7 Å². The Balaban J connectivity index is 1.57. The van der Waals surface area contributed by atoms with Crippen LogP contribution in [0.2, 0.25) is 5.02 Å². The van der Waals surface area contributed by atoms with Gasteiger partial charge in [-0.15, -0.1) is 0 Å². The highest BCUT2D eigenvalue weighted by atomic mass is 35.5. The van der Waals surface area contributed by atoms with E-state index in [1.165, 1.54) is 0 Å². The van der Waals surface area contributed by atoms with Crippen molar-refractivity contribution in [2.24, 2.45) is 0 Å². The topological polar surface area (TPSA) is 91.3 Å². The van der Waals surface area contributed by atoms with Crippen molar-refractivity contribution in [3.63, 3.8) is 0 Å². The van der Waals surface area contributed by atoms with Crippen LogP contribution in [0.1, 0.15) is 13.8 Å². The van der Waals surface area contributed by atoms with Crippen LogP contribution in [-0.4, -0.2) is 40.4 Å². The molecule has 3 aromatic rings. The normalized spacial score (nSPS) is 11.9. The molecule has 0 aliphatic carbocycles. The molecule has 7 nitrogen and oxygen atoms in total. The minimum absolute atomic E-state index is 0.224. The number of nitrogens with zero attached hydrogens (tertiary/aromatic N) is 2. The number of anilines is 4. The molecule has 158 valence electrons. The first-order valence-corrected chi connectivity index (χ1v) is 10.1. The fourth-order valence-corrected chi connectivity index (χ4v) is 2.70. The molecule has 0 spiro atoms. The number of aliphatic hydroxyl groups is 1. The molecular weight excluding hydrogens is 402 g/mol. The Morgan fingerprint density at radius 1 is 1.00 bits per heavy atom. The molecule has 1 aromatic heterocycles. The first-order chi connectivity index (χ1) is 14.5. The Kier molecular flexibility index (Phi) is 7.84. The number of hydrogen-bond donors (Lipinski definition) is 4. The summed E-state index contributed by atoms with van der Waals surface area (Å²) < 4.78 is 5.63. The van der Waals surface area contributed by atoms with E-state index in [2.05, 4.69) is 25.9 Å². The molecule has 0 saturated carbocycles. The zero-order valence-electron chi connectivity index (χ0n) is 17.0. The van der Waals surface area contributed by atoms with E-state index in [9.17, 15) is 5.11 Å². The molecule has 1 heterocycles. The number of para-hydroxylation sites is 1. The van der Waals surface area contributed by atoms with Gasteiger partial charge in [0.05, 0.1) is 6.20 Å². The monoisotopic (exact) mass is 427 g/mol. The summed E-state index contributed by atoms with van der Waals surface area (Å²) in [7, 11) is 0. The van der Waals surface area contributed by atoms with Crippen LogP contribution in [0.4, 0.5) is 23.1 Å². The van der Waals surface area contributed by atoms with Gasteiger partial charge in [0.2, 0.25) is 5.95 Å². The van der Waals surface area contributed by atoms with Crippen LogP contribution in [0.5, 0.6) is 5.75 Å². The van der Waals surface area contributed by atoms with Crippen molar-refractivity contribution in [3.05, 3.63) is 65.8 Å². The fourth-order valence-electron chi connectivity index (χ4n) is 2.56. The minimum atomic E-state index is -0.566. The van der Waals surface area contributed by atoms with Gasteiger partial charge in [-0.05, 0) is 36.4 Å². The lowest BCUT2D eigenvalue weighted by Crippen LogP contribution is -2.35. The summed E-state index contributed by atoms with van der Waals surface area (Å²) in [6.07, 6.45) is 0.981. The summed E-state index contributed by atoms with van der Waals surface area (Å²) in [5, 5.41) is 19.9. The molecule has 30 heavy (non-hydrogen) atoms. The lowest BCUT2D eigenvalue weighted by atomic mass is 10.3. The van der Waals surface area contributed by atoms with Gasteiger partial charge in [0, 0.05) is 24.0 Å².